The van der Waals surface area contributed by atoms with E-state index in [-0.39, 0.29) is 0 Å². The molecule has 0 aromatic carbocycles. The van der Waals surface area contributed by atoms with Crippen molar-refractivity contribution in [2.75, 3.05) is 6.54 Å². The van der Waals surface area contributed by atoms with E-state index in [9.17, 15) is 0 Å². The van der Waals surface area contributed by atoms with Gasteiger partial charge >= 0.3 is 0 Å². The summed E-state index contributed by atoms with van der Waals surface area (Å²) in [5, 5.41) is 3.46. The highest BCUT2D eigenvalue weighted by atomic mass is 15.1. The number of hydrogen-bond donors (Lipinski definition) is 1. The van der Waals surface area contributed by atoms with Gasteiger partial charge in [0.15, 0.2) is 0 Å². The minimum Gasteiger partial charge on any atom is -0.333 e. The highest BCUT2D eigenvalue weighted by Crippen LogP contribution is 2.29. The Bertz CT molecular complexity index is 345. The maximum Gasteiger partial charge on any atom is 0.0948 e. The third kappa shape index (κ3) is 3.84. The molecule has 3 nitrogen and oxygen atoms in total. The molecule has 1 saturated carbocycles. The molecule has 2 rings (SSSR count). The zero-order chi connectivity index (χ0) is 12.8. The summed E-state index contributed by atoms with van der Waals surface area (Å²) in [4.78, 5) is 4.31. The second kappa shape index (κ2) is 6.93. The number of imidazole rings is 1. The summed E-state index contributed by atoms with van der Waals surface area (Å²) in [6.45, 7) is 7.80. The number of nitrogens with one attached hydrogen (secondary N) is 1. The van der Waals surface area contributed by atoms with Crippen LogP contribution < -0.4 is 5.32 Å². The van der Waals surface area contributed by atoms with E-state index in [2.05, 4.69) is 28.7 Å². The van der Waals surface area contributed by atoms with Crippen LogP contribution in [-0.2, 0) is 13.1 Å². The Hall–Kier alpha value is -0.830. The number of hydrogen-bond acceptors (Lipinski definition) is 2. The van der Waals surface area contributed by atoms with Gasteiger partial charge in [-0.3, -0.25) is 0 Å². The molecule has 2 atom stereocenters. The van der Waals surface area contributed by atoms with Crippen molar-refractivity contribution in [2.24, 2.45) is 11.8 Å². The molecule has 1 heterocycles. The third-order valence-electron chi connectivity index (χ3n) is 4.03. The molecule has 0 amide bonds. The molecule has 1 fully saturated rings. The van der Waals surface area contributed by atoms with Crippen molar-refractivity contribution in [1.29, 1.82) is 0 Å². The number of rotatable bonds is 6. The summed E-state index contributed by atoms with van der Waals surface area (Å²) in [7, 11) is 0. The standard InChI is InChI=1S/C15H27N3/c1-3-7-16-9-15-10-17-12-18(15)11-14-6-4-5-13(2)8-14/h10,12-14,16H,3-9,11H2,1-2H3. The van der Waals surface area contributed by atoms with E-state index in [0.29, 0.717) is 0 Å². The lowest BCUT2D eigenvalue weighted by Gasteiger charge is -2.27. The Morgan fingerprint density at radius 3 is 3.11 bits per heavy atom. The second-order valence-electron chi connectivity index (χ2n) is 5.85. The van der Waals surface area contributed by atoms with Gasteiger partial charge in [0.2, 0.25) is 0 Å². The molecule has 0 saturated heterocycles. The van der Waals surface area contributed by atoms with Crippen LogP contribution >= 0.6 is 0 Å². The Balaban J connectivity index is 1.86. The van der Waals surface area contributed by atoms with Crippen molar-refractivity contribution in [1.82, 2.24) is 14.9 Å². The molecule has 1 aliphatic rings. The first kappa shape index (κ1) is 13.6. The van der Waals surface area contributed by atoms with E-state index in [1.807, 2.05) is 12.5 Å². The molecule has 0 aliphatic heterocycles. The third-order valence-corrected chi connectivity index (χ3v) is 4.03. The van der Waals surface area contributed by atoms with Crippen LogP contribution in [0.25, 0.3) is 0 Å². The van der Waals surface area contributed by atoms with Crippen LogP contribution in [0.5, 0.6) is 0 Å². The highest BCUT2D eigenvalue weighted by Gasteiger charge is 2.19. The van der Waals surface area contributed by atoms with E-state index >= 15 is 0 Å². The van der Waals surface area contributed by atoms with Crippen molar-refractivity contribution in [3.63, 3.8) is 0 Å². The molecule has 3 heteroatoms. The van der Waals surface area contributed by atoms with Gasteiger partial charge in [-0.25, -0.2) is 4.98 Å². The van der Waals surface area contributed by atoms with Gasteiger partial charge in [0.25, 0.3) is 0 Å². The first-order chi connectivity index (χ1) is 8.79. The summed E-state index contributed by atoms with van der Waals surface area (Å²) in [6, 6.07) is 0. The van der Waals surface area contributed by atoms with Crippen LogP contribution in [0.2, 0.25) is 0 Å². The van der Waals surface area contributed by atoms with E-state index in [4.69, 9.17) is 0 Å². The topological polar surface area (TPSA) is 29.9 Å². The molecule has 1 aliphatic carbocycles. The fourth-order valence-corrected chi connectivity index (χ4v) is 3.06. The van der Waals surface area contributed by atoms with Gasteiger partial charge in [0.1, 0.15) is 0 Å². The highest BCUT2D eigenvalue weighted by molar-refractivity contribution is 4.98. The smallest absolute Gasteiger partial charge is 0.0948 e. The second-order valence-corrected chi connectivity index (χ2v) is 5.85. The molecule has 0 bridgehead atoms. The molecule has 18 heavy (non-hydrogen) atoms. The van der Waals surface area contributed by atoms with Gasteiger partial charge < -0.3 is 9.88 Å². The summed E-state index contributed by atoms with van der Waals surface area (Å²) in [6.07, 6.45) is 10.8. The quantitative estimate of drug-likeness (QED) is 0.785. The predicted molar refractivity (Wildman–Crippen MR) is 75.3 cm³/mol. The van der Waals surface area contributed by atoms with E-state index < -0.39 is 0 Å². The average molecular weight is 249 g/mol. The zero-order valence-electron chi connectivity index (χ0n) is 11.9. The summed E-state index contributed by atoms with van der Waals surface area (Å²) >= 11 is 0. The molecule has 0 radical (unpaired) electrons. The lowest BCUT2D eigenvalue weighted by atomic mass is 9.82. The van der Waals surface area contributed by atoms with E-state index in [0.717, 1.165) is 31.5 Å². The summed E-state index contributed by atoms with van der Waals surface area (Å²) in [5.74, 6) is 1.77. The van der Waals surface area contributed by atoms with Crippen molar-refractivity contribution in [2.45, 2.75) is 59.0 Å². The fraction of sp³-hybridized carbons (Fsp3) is 0.800. The molecule has 1 N–H and O–H groups in total. The molecule has 0 spiro atoms. The van der Waals surface area contributed by atoms with Crippen LogP contribution in [0.15, 0.2) is 12.5 Å². The van der Waals surface area contributed by atoms with Gasteiger partial charge in [0.05, 0.1) is 12.0 Å². The molecule has 1 aromatic rings. The minimum absolute atomic E-state index is 0.855. The minimum atomic E-state index is 0.855. The fourth-order valence-electron chi connectivity index (χ4n) is 3.06. The Kier molecular flexibility index (Phi) is 5.24. The first-order valence-electron chi connectivity index (χ1n) is 7.49. The van der Waals surface area contributed by atoms with Crippen LogP contribution in [0.1, 0.15) is 51.6 Å². The molecule has 1 aromatic heterocycles. The Labute approximate surface area is 111 Å². The van der Waals surface area contributed by atoms with Crippen LogP contribution in [-0.4, -0.2) is 16.1 Å². The lowest BCUT2D eigenvalue weighted by molar-refractivity contribution is 0.255. The Morgan fingerprint density at radius 1 is 1.44 bits per heavy atom. The summed E-state index contributed by atoms with van der Waals surface area (Å²) < 4.78 is 2.35. The maximum atomic E-state index is 4.31. The van der Waals surface area contributed by atoms with Crippen LogP contribution in [0.4, 0.5) is 0 Å². The molecule has 2 unspecified atom stereocenters. The molecular formula is C15H27N3. The zero-order valence-corrected chi connectivity index (χ0v) is 11.9. The van der Waals surface area contributed by atoms with Gasteiger partial charge in [0, 0.05) is 19.3 Å². The SMILES string of the molecule is CCCNCc1cncn1CC1CCCC(C)C1. The van der Waals surface area contributed by atoms with Crippen molar-refractivity contribution < 1.29 is 0 Å². The van der Waals surface area contributed by atoms with Crippen LogP contribution in [0, 0.1) is 11.8 Å². The van der Waals surface area contributed by atoms with Crippen molar-refractivity contribution >= 4 is 0 Å². The van der Waals surface area contributed by atoms with Gasteiger partial charge in [-0.1, -0.05) is 26.7 Å². The molecule has 102 valence electrons. The van der Waals surface area contributed by atoms with Crippen molar-refractivity contribution in [3.05, 3.63) is 18.2 Å². The number of nitrogens with zero attached hydrogens (tertiary/aromatic N) is 2. The summed E-state index contributed by atoms with van der Waals surface area (Å²) in [5.41, 5.74) is 1.33. The van der Waals surface area contributed by atoms with Crippen LogP contribution in [0.3, 0.4) is 0 Å². The van der Waals surface area contributed by atoms with E-state index in [1.54, 1.807) is 0 Å². The van der Waals surface area contributed by atoms with Crippen molar-refractivity contribution in [3.8, 4) is 0 Å². The van der Waals surface area contributed by atoms with Gasteiger partial charge in [-0.15, -0.1) is 0 Å². The molecular weight excluding hydrogens is 222 g/mol. The van der Waals surface area contributed by atoms with E-state index in [1.165, 1.54) is 37.8 Å². The monoisotopic (exact) mass is 249 g/mol. The van der Waals surface area contributed by atoms with Gasteiger partial charge in [-0.05, 0) is 37.6 Å². The van der Waals surface area contributed by atoms with Gasteiger partial charge in [-0.2, -0.15) is 0 Å². The largest absolute Gasteiger partial charge is 0.333 e. The average Bonchev–Trinajstić information content (AvgIpc) is 2.77. The lowest BCUT2D eigenvalue weighted by Crippen LogP contribution is -2.21. The first-order valence-corrected chi connectivity index (χ1v) is 7.49. The normalized spacial score (nSPS) is 24.3. The number of aromatic nitrogens is 2. The predicted octanol–water partition coefficient (Wildman–Crippen LogP) is 3.21. The Morgan fingerprint density at radius 2 is 2.33 bits per heavy atom. The maximum absolute atomic E-state index is 4.31.